The van der Waals surface area contributed by atoms with Crippen molar-refractivity contribution >= 4 is 11.7 Å². The van der Waals surface area contributed by atoms with Crippen molar-refractivity contribution in [2.75, 3.05) is 25.0 Å². The molecule has 0 saturated carbocycles. The first-order valence-electron chi connectivity index (χ1n) is 7.06. The number of aryl methyl sites for hydroxylation is 2. The van der Waals surface area contributed by atoms with Crippen molar-refractivity contribution < 1.29 is 4.79 Å². The second-order valence-electron chi connectivity index (χ2n) is 5.09. The predicted octanol–water partition coefficient (Wildman–Crippen LogP) is 1.40. The van der Waals surface area contributed by atoms with Gasteiger partial charge in [-0.15, -0.1) is 0 Å². The highest BCUT2D eigenvalue weighted by molar-refractivity contribution is 5.81. The molecule has 0 spiro atoms. The Morgan fingerprint density at radius 3 is 2.95 bits per heavy atom. The highest BCUT2D eigenvalue weighted by atomic mass is 16.2. The van der Waals surface area contributed by atoms with E-state index in [9.17, 15) is 10.1 Å². The molecule has 1 aromatic rings. The molecule has 106 valence electrons. The van der Waals surface area contributed by atoms with Crippen LogP contribution in [0.5, 0.6) is 0 Å². The van der Waals surface area contributed by atoms with E-state index in [1.165, 1.54) is 5.56 Å². The molecule has 20 heavy (non-hydrogen) atoms. The number of nitrogens with zero attached hydrogens (tertiary/aromatic N) is 3. The first kappa shape index (κ1) is 14.3. The zero-order valence-corrected chi connectivity index (χ0v) is 12.1. The van der Waals surface area contributed by atoms with Gasteiger partial charge in [0.05, 0.1) is 12.1 Å². The summed E-state index contributed by atoms with van der Waals surface area (Å²) in [5.74, 6) is 0.554. The lowest BCUT2D eigenvalue weighted by Crippen LogP contribution is -2.35. The molecule has 0 aromatic carbocycles. The Bertz CT molecular complexity index is 548. The van der Waals surface area contributed by atoms with Crippen LogP contribution in [0, 0.1) is 11.3 Å². The lowest BCUT2D eigenvalue weighted by molar-refractivity contribution is -0.119. The number of nitrogens with one attached hydrogen (secondary N) is 1. The van der Waals surface area contributed by atoms with Gasteiger partial charge in [-0.2, -0.15) is 5.26 Å². The van der Waals surface area contributed by atoms with Gasteiger partial charge in [0, 0.05) is 19.3 Å². The van der Waals surface area contributed by atoms with Crippen LogP contribution >= 0.6 is 0 Å². The zero-order chi connectivity index (χ0) is 14.5. The Labute approximate surface area is 119 Å². The molecule has 1 aromatic heterocycles. The smallest absolute Gasteiger partial charge is 0.239 e. The number of carbonyl (C=O) groups is 1. The maximum absolute atomic E-state index is 11.7. The average Bonchev–Trinajstić information content (AvgIpc) is 2.45. The van der Waals surface area contributed by atoms with Crippen molar-refractivity contribution in [1.29, 1.82) is 5.26 Å². The molecule has 0 bridgehead atoms. The molecule has 0 atom stereocenters. The van der Waals surface area contributed by atoms with Crippen LogP contribution in [-0.2, 0) is 17.6 Å². The van der Waals surface area contributed by atoms with Crippen molar-refractivity contribution in [2.24, 2.45) is 0 Å². The average molecular weight is 272 g/mol. The minimum atomic E-state index is -0.0570. The van der Waals surface area contributed by atoms with E-state index in [0.717, 1.165) is 31.4 Å². The third kappa shape index (κ3) is 3.08. The monoisotopic (exact) mass is 272 g/mol. The van der Waals surface area contributed by atoms with Crippen molar-refractivity contribution in [1.82, 2.24) is 10.3 Å². The van der Waals surface area contributed by atoms with Gasteiger partial charge in [-0.3, -0.25) is 4.79 Å². The topological polar surface area (TPSA) is 69.0 Å². The van der Waals surface area contributed by atoms with Crippen LogP contribution in [0.4, 0.5) is 5.82 Å². The third-order valence-corrected chi connectivity index (χ3v) is 3.52. The van der Waals surface area contributed by atoms with Crippen LogP contribution in [0.25, 0.3) is 0 Å². The van der Waals surface area contributed by atoms with Crippen LogP contribution in [0.15, 0.2) is 6.07 Å². The fourth-order valence-corrected chi connectivity index (χ4v) is 2.54. The number of rotatable bonds is 4. The SMILES string of the molecule is CCNC(=O)CN(C)c1nc2c(cc1C#N)CCCC2. The molecule has 0 radical (unpaired) electrons. The second kappa shape index (κ2) is 6.38. The highest BCUT2D eigenvalue weighted by Gasteiger charge is 2.18. The number of pyridine rings is 1. The molecule has 1 N–H and O–H groups in total. The zero-order valence-electron chi connectivity index (χ0n) is 12.1. The minimum Gasteiger partial charge on any atom is -0.355 e. The highest BCUT2D eigenvalue weighted by Crippen LogP contribution is 2.25. The number of anilines is 1. The van der Waals surface area contributed by atoms with Gasteiger partial charge < -0.3 is 10.2 Å². The van der Waals surface area contributed by atoms with Crippen molar-refractivity contribution in [2.45, 2.75) is 32.6 Å². The van der Waals surface area contributed by atoms with E-state index in [1.54, 1.807) is 11.9 Å². The first-order valence-corrected chi connectivity index (χ1v) is 7.06. The quantitative estimate of drug-likeness (QED) is 0.899. The summed E-state index contributed by atoms with van der Waals surface area (Å²) in [6, 6.07) is 4.13. The Hall–Kier alpha value is -2.09. The number of hydrogen-bond donors (Lipinski definition) is 1. The molecule has 1 amide bonds. The maximum atomic E-state index is 11.7. The van der Waals surface area contributed by atoms with Gasteiger partial charge in [0.25, 0.3) is 0 Å². The first-order chi connectivity index (χ1) is 9.65. The maximum Gasteiger partial charge on any atom is 0.239 e. The van der Waals surface area contributed by atoms with Gasteiger partial charge in [-0.25, -0.2) is 4.98 Å². The Morgan fingerprint density at radius 2 is 2.25 bits per heavy atom. The van der Waals surface area contributed by atoms with E-state index in [1.807, 2.05) is 13.0 Å². The summed E-state index contributed by atoms with van der Waals surface area (Å²) in [6.07, 6.45) is 4.26. The molecule has 1 aliphatic carbocycles. The van der Waals surface area contributed by atoms with Crippen LogP contribution in [0.2, 0.25) is 0 Å². The lowest BCUT2D eigenvalue weighted by atomic mass is 9.95. The second-order valence-corrected chi connectivity index (χ2v) is 5.09. The standard InChI is InChI=1S/C15H20N4O/c1-3-17-14(20)10-19(2)15-12(9-16)8-11-6-4-5-7-13(11)18-15/h8H,3-7,10H2,1-2H3,(H,17,20). The lowest BCUT2D eigenvalue weighted by Gasteiger charge is -2.22. The summed E-state index contributed by atoms with van der Waals surface area (Å²) in [5, 5.41) is 12.0. The van der Waals surface area contributed by atoms with Crippen molar-refractivity contribution in [3.05, 3.63) is 22.9 Å². The molecular weight excluding hydrogens is 252 g/mol. The molecule has 0 saturated heterocycles. The number of fused-ring (bicyclic) bond motifs is 1. The number of likely N-dealkylation sites (N-methyl/N-ethyl adjacent to an activating group) is 2. The molecular formula is C15H20N4O. The summed E-state index contributed by atoms with van der Waals surface area (Å²) < 4.78 is 0. The molecule has 0 fully saturated rings. The normalized spacial score (nSPS) is 13.2. The van der Waals surface area contributed by atoms with Crippen LogP contribution in [0.1, 0.15) is 36.6 Å². The van der Waals surface area contributed by atoms with Gasteiger partial charge in [0.2, 0.25) is 5.91 Å². The molecule has 5 heteroatoms. The predicted molar refractivity (Wildman–Crippen MR) is 77.5 cm³/mol. The Balaban J connectivity index is 2.26. The number of aromatic nitrogens is 1. The molecule has 2 rings (SSSR count). The van der Waals surface area contributed by atoms with Gasteiger partial charge in [-0.1, -0.05) is 0 Å². The fourth-order valence-electron chi connectivity index (χ4n) is 2.54. The summed E-state index contributed by atoms with van der Waals surface area (Å²) in [6.45, 7) is 2.71. The largest absolute Gasteiger partial charge is 0.355 e. The Kier molecular flexibility index (Phi) is 4.57. The van der Waals surface area contributed by atoms with E-state index >= 15 is 0 Å². The van der Waals surface area contributed by atoms with Crippen molar-refractivity contribution in [3.8, 4) is 6.07 Å². The number of hydrogen-bond acceptors (Lipinski definition) is 4. The molecule has 0 aliphatic heterocycles. The van der Waals surface area contributed by atoms with E-state index in [2.05, 4.69) is 16.4 Å². The summed E-state index contributed by atoms with van der Waals surface area (Å²) >= 11 is 0. The van der Waals surface area contributed by atoms with E-state index in [0.29, 0.717) is 17.9 Å². The van der Waals surface area contributed by atoms with Gasteiger partial charge in [0.15, 0.2) is 0 Å². The fraction of sp³-hybridized carbons (Fsp3) is 0.533. The summed E-state index contributed by atoms with van der Waals surface area (Å²) in [5.41, 5.74) is 2.81. The third-order valence-electron chi connectivity index (χ3n) is 3.52. The minimum absolute atomic E-state index is 0.0570. The molecule has 1 heterocycles. The Morgan fingerprint density at radius 1 is 1.50 bits per heavy atom. The van der Waals surface area contributed by atoms with E-state index in [-0.39, 0.29) is 12.5 Å². The molecule has 5 nitrogen and oxygen atoms in total. The van der Waals surface area contributed by atoms with Gasteiger partial charge in [-0.05, 0) is 44.2 Å². The molecule has 0 unspecified atom stereocenters. The number of nitriles is 1. The van der Waals surface area contributed by atoms with Crippen molar-refractivity contribution in [3.63, 3.8) is 0 Å². The summed E-state index contributed by atoms with van der Waals surface area (Å²) in [7, 11) is 1.80. The van der Waals surface area contributed by atoms with E-state index in [4.69, 9.17) is 0 Å². The van der Waals surface area contributed by atoms with E-state index < -0.39 is 0 Å². The molecule has 1 aliphatic rings. The van der Waals surface area contributed by atoms with Crippen LogP contribution in [0.3, 0.4) is 0 Å². The van der Waals surface area contributed by atoms with Gasteiger partial charge >= 0.3 is 0 Å². The van der Waals surface area contributed by atoms with Crippen LogP contribution < -0.4 is 10.2 Å². The number of carbonyl (C=O) groups excluding carboxylic acids is 1. The number of amides is 1. The van der Waals surface area contributed by atoms with Crippen LogP contribution in [-0.4, -0.2) is 31.0 Å². The van der Waals surface area contributed by atoms with Gasteiger partial charge in [0.1, 0.15) is 11.9 Å². The summed E-state index contributed by atoms with van der Waals surface area (Å²) in [4.78, 5) is 18.0.